The van der Waals surface area contributed by atoms with Gasteiger partial charge in [-0.15, -0.1) is 0 Å². The van der Waals surface area contributed by atoms with Gasteiger partial charge in [-0.3, -0.25) is 0 Å². The molecule has 1 N–H and O–H groups in total. The third-order valence-electron chi connectivity index (χ3n) is 2.92. The quantitative estimate of drug-likeness (QED) is 0.832. The summed E-state index contributed by atoms with van der Waals surface area (Å²) in [5.41, 5.74) is 0.988. The molecular formula is C12H15BrN2O2S. The number of carbonyl (C=O) groups excluding carboxylic acids is 1. The van der Waals surface area contributed by atoms with Gasteiger partial charge in [0.25, 0.3) is 0 Å². The summed E-state index contributed by atoms with van der Waals surface area (Å²) in [5, 5.41) is 2.96. The predicted molar refractivity (Wildman–Crippen MR) is 77.4 cm³/mol. The van der Waals surface area contributed by atoms with Gasteiger partial charge in [-0.2, -0.15) is 12.6 Å². The van der Waals surface area contributed by atoms with Gasteiger partial charge in [-0.05, 0) is 18.2 Å². The van der Waals surface area contributed by atoms with Crippen LogP contribution in [0.1, 0.15) is 11.6 Å². The second-order valence-electron chi connectivity index (χ2n) is 4.06. The van der Waals surface area contributed by atoms with E-state index in [0.717, 1.165) is 15.8 Å². The second kappa shape index (κ2) is 5.84. The third-order valence-corrected chi connectivity index (χ3v) is 3.62. The molecule has 1 fully saturated rings. The van der Waals surface area contributed by atoms with Crippen molar-refractivity contribution in [1.29, 1.82) is 0 Å². The standard InChI is InChI=1S/C12H15BrN2O2S/c1-17-11-3-2-8(13)6-9(11)10-7-15(4-5-18)12(16)14-10/h2-3,6,10,18H,4-5,7H2,1H3,(H,14,16). The number of ether oxygens (including phenoxy) is 1. The first kappa shape index (κ1) is 13.5. The van der Waals surface area contributed by atoms with E-state index in [9.17, 15) is 4.79 Å². The van der Waals surface area contributed by atoms with Crippen molar-refractivity contribution < 1.29 is 9.53 Å². The Morgan fingerprint density at radius 2 is 2.39 bits per heavy atom. The first-order valence-electron chi connectivity index (χ1n) is 5.65. The molecule has 0 bridgehead atoms. The lowest BCUT2D eigenvalue weighted by molar-refractivity contribution is 0.220. The highest BCUT2D eigenvalue weighted by Crippen LogP contribution is 2.31. The Bertz CT molecular complexity index is 456. The summed E-state index contributed by atoms with van der Waals surface area (Å²) >= 11 is 7.59. The lowest BCUT2D eigenvalue weighted by Gasteiger charge is -2.15. The van der Waals surface area contributed by atoms with Gasteiger partial charge in [0.1, 0.15) is 5.75 Å². The van der Waals surface area contributed by atoms with E-state index in [4.69, 9.17) is 4.74 Å². The lowest BCUT2D eigenvalue weighted by atomic mass is 10.1. The summed E-state index contributed by atoms with van der Waals surface area (Å²) in [7, 11) is 1.63. The fraction of sp³-hybridized carbons (Fsp3) is 0.417. The zero-order chi connectivity index (χ0) is 13.1. The normalized spacial score (nSPS) is 18.9. The van der Waals surface area contributed by atoms with Gasteiger partial charge < -0.3 is 15.0 Å². The van der Waals surface area contributed by atoms with E-state index < -0.39 is 0 Å². The molecule has 1 aliphatic rings. The summed E-state index contributed by atoms with van der Waals surface area (Å²) in [6, 6.07) is 5.71. The van der Waals surface area contributed by atoms with Crippen LogP contribution in [-0.4, -0.2) is 36.9 Å². The number of rotatable bonds is 4. The van der Waals surface area contributed by atoms with Crippen molar-refractivity contribution in [3.63, 3.8) is 0 Å². The van der Waals surface area contributed by atoms with Gasteiger partial charge in [0, 0.05) is 28.9 Å². The number of carbonyl (C=O) groups is 1. The summed E-state index contributed by atoms with van der Waals surface area (Å²) in [4.78, 5) is 13.5. The number of hydrogen-bond donors (Lipinski definition) is 2. The van der Waals surface area contributed by atoms with Crippen LogP contribution < -0.4 is 10.1 Å². The Kier molecular flexibility index (Phi) is 4.40. The Morgan fingerprint density at radius 1 is 1.61 bits per heavy atom. The zero-order valence-electron chi connectivity index (χ0n) is 10.0. The highest BCUT2D eigenvalue weighted by molar-refractivity contribution is 9.10. The summed E-state index contributed by atoms with van der Waals surface area (Å²) in [6.45, 7) is 1.30. The van der Waals surface area contributed by atoms with Crippen molar-refractivity contribution in [2.75, 3.05) is 26.0 Å². The minimum atomic E-state index is -0.0453. The Labute approximate surface area is 120 Å². The number of nitrogens with zero attached hydrogens (tertiary/aromatic N) is 1. The molecule has 1 saturated heterocycles. The van der Waals surface area contributed by atoms with Crippen molar-refractivity contribution in [2.45, 2.75) is 6.04 Å². The van der Waals surface area contributed by atoms with Crippen LogP contribution in [0.3, 0.4) is 0 Å². The predicted octanol–water partition coefficient (Wildman–Crippen LogP) is 2.45. The van der Waals surface area contributed by atoms with E-state index in [0.29, 0.717) is 18.8 Å². The molecule has 0 aromatic heterocycles. The Hall–Kier alpha value is -0.880. The molecule has 1 aromatic carbocycles. The maximum Gasteiger partial charge on any atom is 0.318 e. The first-order chi connectivity index (χ1) is 8.65. The molecule has 98 valence electrons. The van der Waals surface area contributed by atoms with E-state index in [1.165, 1.54) is 0 Å². The summed E-state index contributed by atoms with van der Waals surface area (Å²) in [5.74, 6) is 1.45. The molecule has 0 radical (unpaired) electrons. The largest absolute Gasteiger partial charge is 0.496 e. The molecular weight excluding hydrogens is 316 g/mol. The van der Waals surface area contributed by atoms with Crippen LogP contribution in [0.25, 0.3) is 0 Å². The molecule has 1 unspecified atom stereocenters. The molecule has 1 aliphatic heterocycles. The molecule has 0 aliphatic carbocycles. The highest BCUT2D eigenvalue weighted by atomic mass is 79.9. The fourth-order valence-electron chi connectivity index (χ4n) is 2.06. The molecule has 0 saturated carbocycles. The van der Waals surface area contributed by atoms with E-state index in [1.807, 2.05) is 18.2 Å². The molecule has 1 aromatic rings. The van der Waals surface area contributed by atoms with Gasteiger partial charge >= 0.3 is 6.03 Å². The van der Waals surface area contributed by atoms with Crippen LogP contribution >= 0.6 is 28.6 Å². The topological polar surface area (TPSA) is 41.6 Å². The van der Waals surface area contributed by atoms with Gasteiger partial charge in [0.05, 0.1) is 13.2 Å². The van der Waals surface area contributed by atoms with E-state index in [1.54, 1.807) is 12.0 Å². The van der Waals surface area contributed by atoms with Crippen LogP contribution in [0.15, 0.2) is 22.7 Å². The fourth-order valence-corrected chi connectivity index (χ4v) is 2.68. The monoisotopic (exact) mass is 330 g/mol. The van der Waals surface area contributed by atoms with Crippen molar-refractivity contribution in [3.8, 4) is 5.75 Å². The molecule has 0 spiro atoms. The van der Waals surface area contributed by atoms with Crippen LogP contribution in [0.4, 0.5) is 4.79 Å². The lowest BCUT2D eigenvalue weighted by Crippen LogP contribution is -2.29. The van der Waals surface area contributed by atoms with Crippen LogP contribution in [0.5, 0.6) is 5.75 Å². The number of amides is 2. The number of benzene rings is 1. The number of methoxy groups -OCH3 is 1. The van der Waals surface area contributed by atoms with E-state index in [-0.39, 0.29) is 12.1 Å². The van der Waals surface area contributed by atoms with Crippen molar-refractivity contribution in [2.24, 2.45) is 0 Å². The van der Waals surface area contributed by atoms with Crippen molar-refractivity contribution in [3.05, 3.63) is 28.2 Å². The van der Waals surface area contributed by atoms with Gasteiger partial charge in [-0.25, -0.2) is 4.79 Å². The minimum Gasteiger partial charge on any atom is -0.496 e. The molecule has 1 atom stereocenters. The number of halogens is 1. The van der Waals surface area contributed by atoms with Crippen LogP contribution in [0, 0.1) is 0 Å². The molecule has 4 nitrogen and oxygen atoms in total. The maximum atomic E-state index is 11.8. The molecule has 1 heterocycles. The number of thiol groups is 1. The third kappa shape index (κ3) is 2.75. The smallest absolute Gasteiger partial charge is 0.318 e. The average Bonchev–Trinajstić information content (AvgIpc) is 2.71. The molecule has 6 heteroatoms. The maximum absolute atomic E-state index is 11.8. The summed E-state index contributed by atoms with van der Waals surface area (Å²) < 4.78 is 6.31. The van der Waals surface area contributed by atoms with E-state index >= 15 is 0 Å². The molecule has 2 amide bonds. The SMILES string of the molecule is COc1ccc(Br)cc1C1CN(CCS)C(=O)N1. The van der Waals surface area contributed by atoms with Crippen LogP contribution in [0.2, 0.25) is 0 Å². The highest BCUT2D eigenvalue weighted by Gasteiger charge is 2.30. The Morgan fingerprint density at radius 3 is 3.06 bits per heavy atom. The van der Waals surface area contributed by atoms with Gasteiger partial charge in [-0.1, -0.05) is 15.9 Å². The number of nitrogens with one attached hydrogen (secondary N) is 1. The number of hydrogen-bond acceptors (Lipinski definition) is 3. The first-order valence-corrected chi connectivity index (χ1v) is 7.08. The van der Waals surface area contributed by atoms with Gasteiger partial charge in [0.2, 0.25) is 0 Å². The zero-order valence-corrected chi connectivity index (χ0v) is 12.5. The minimum absolute atomic E-state index is 0.0372. The van der Waals surface area contributed by atoms with Gasteiger partial charge in [0.15, 0.2) is 0 Å². The number of urea groups is 1. The summed E-state index contributed by atoms with van der Waals surface area (Å²) in [6.07, 6.45) is 0. The van der Waals surface area contributed by atoms with Crippen molar-refractivity contribution in [1.82, 2.24) is 10.2 Å². The average molecular weight is 331 g/mol. The molecule has 18 heavy (non-hydrogen) atoms. The van der Waals surface area contributed by atoms with Crippen molar-refractivity contribution >= 4 is 34.6 Å². The van der Waals surface area contributed by atoms with E-state index in [2.05, 4.69) is 33.9 Å². The second-order valence-corrected chi connectivity index (χ2v) is 5.42. The molecule has 2 rings (SSSR count). The Balaban J connectivity index is 2.22. The van der Waals surface area contributed by atoms with Crippen LogP contribution in [-0.2, 0) is 0 Å².